The van der Waals surface area contributed by atoms with Crippen LogP contribution in [0.15, 0.2) is 53.3 Å². The molecule has 1 amide bonds. The minimum absolute atomic E-state index is 0.0580. The molecule has 1 atom stereocenters. The van der Waals surface area contributed by atoms with E-state index in [0.29, 0.717) is 41.7 Å². The highest BCUT2D eigenvalue weighted by atomic mass is 35.5. The molecule has 1 aliphatic rings. The maximum atomic E-state index is 14.1. The molecular weight excluding hydrogens is 546 g/mol. The lowest BCUT2D eigenvalue weighted by atomic mass is 10.0. The van der Waals surface area contributed by atoms with Crippen LogP contribution in [0.4, 0.5) is 10.2 Å². The number of nitrogens with two attached hydrogens (primary N) is 1. The Bertz CT molecular complexity index is 1520. The molecule has 0 saturated carbocycles. The maximum absolute atomic E-state index is 14.1. The molecule has 2 aromatic heterocycles. The van der Waals surface area contributed by atoms with E-state index in [-0.39, 0.29) is 39.7 Å². The number of β-amino-alcohol motifs (C(OH)–C–C–N with tert-alkyl or cyclic N) is 1. The molecular formula is C28H27Cl2FN4O4. The second kappa shape index (κ2) is 11.4. The molecule has 3 heterocycles. The van der Waals surface area contributed by atoms with Gasteiger partial charge in [-0.2, -0.15) is 0 Å². The third-order valence-corrected chi connectivity index (χ3v) is 7.59. The average molecular weight is 573 g/mol. The molecule has 3 N–H and O–H groups in total. The number of carbonyl (C=O) groups is 1. The molecule has 0 aliphatic carbocycles. The molecule has 1 fully saturated rings. The third kappa shape index (κ3) is 5.40. The molecule has 0 bridgehead atoms. The molecule has 204 valence electrons. The van der Waals surface area contributed by atoms with Crippen molar-refractivity contribution < 1.29 is 23.4 Å². The van der Waals surface area contributed by atoms with E-state index in [2.05, 4.69) is 9.88 Å². The van der Waals surface area contributed by atoms with E-state index < -0.39 is 11.9 Å². The fourth-order valence-corrected chi connectivity index (χ4v) is 5.46. The smallest absolute Gasteiger partial charge is 0.253 e. The summed E-state index contributed by atoms with van der Waals surface area (Å²) in [4.78, 5) is 21.5. The average Bonchev–Trinajstić information content (AvgIpc) is 3.37. The number of benzene rings is 2. The summed E-state index contributed by atoms with van der Waals surface area (Å²) in [6.45, 7) is 5.02. The van der Waals surface area contributed by atoms with Crippen LogP contribution in [-0.4, -0.2) is 65.1 Å². The van der Waals surface area contributed by atoms with Crippen LogP contribution >= 0.6 is 23.2 Å². The van der Waals surface area contributed by atoms with Crippen molar-refractivity contribution in [2.75, 3.05) is 45.1 Å². The summed E-state index contributed by atoms with van der Waals surface area (Å²) in [5.41, 5.74) is 8.80. The lowest BCUT2D eigenvalue weighted by Crippen LogP contribution is -2.49. The van der Waals surface area contributed by atoms with E-state index in [1.807, 2.05) is 23.1 Å². The lowest BCUT2D eigenvalue weighted by Gasteiger charge is -2.34. The molecule has 1 saturated heterocycles. The molecule has 8 nitrogen and oxygen atoms in total. The van der Waals surface area contributed by atoms with Crippen molar-refractivity contribution in [3.05, 3.63) is 75.8 Å². The van der Waals surface area contributed by atoms with Gasteiger partial charge in [0.15, 0.2) is 11.4 Å². The van der Waals surface area contributed by atoms with Crippen LogP contribution in [0.1, 0.15) is 28.9 Å². The van der Waals surface area contributed by atoms with Crippen LogP contribution in [0, 0.1) is 5.82 Å². The first-order valence-corrected chi connectivity index (χ1v) is 13.2. The predicted octanol–water partition coefficient (Wildman–Crippen LogP) is 5.41. The number of hydrogen-bond donors (Lipinski definition) is 2. The van der Waals surface area contributed by atoms with Gasteiger partial charge in [-0.1, -0.05) is 35.3 Å². The zero-order valence-corrected chi connectivity index (χ0v) is 22.7. The summed E-state index contributed by atoms with van der Waals surface area (Å²) in [6, 6.07) is 9.90. The molecule has 1 unspecified atom stereocenters. The number of furan rings is 1. The van der Waals surface area contributed by atoms with E-state index in [9.17, 15) is 9.18 Å². The number of anilines is 1. The summed E-state index contributed by atoms with van der Waals surface area (Å²) in [5.74, 6) is -0.409. The van der Waals surface area contributed by atoms with E-state index in [0.717, 1.165) is 18.7 Å². The Kier molecular flexibility index (Phi) is 7.95. The van der Waals surface area contributed by atoms with Gasteiger partial charge in [0.25, 0.3) is 5.91 Å². The van der Waals surface area contributed by atoms with E-state index in [4.69, 9.17) is 43.2 Å². The van der Waals surface area contributed by atoms with Gasteiger partial charge in [-0.3, -0.25) is 9.69 Å². The zero-order valence-electron chi connectivity index (χ0n) is 21.2. The maximum Gasteiger partial charge on any atom is 0.253 e. The number of hydrogen-bond acceptors (Lipinski definition) is 7. The van der Waals surface area contributed by atoms with Crippen LogP contribution in [0.3, 0.4) is 0 Å². The van der Waals surface area contributed by atoms with Gasteiger partial charge in [0.1, 0.15) is 11.9 Å². The number of nitrogens with zero attached hydrogens (tertiary/aromatic N) is 3. The van der Waals surface area contributed by atoms with Gasteiger partial charge in [0, 0.05) is 60.6 Å². The Balaban J connectivity index is 1.43. The number of aliphatic hydroxyl groups excluding tert-OH is 1. The molecule has 1 aliphatic heterocycles. The predicted molar refractivity (Wildman–Crippen MR) is 149 cm³/mol. The Morgan fingerprint density at radius 3 is 2.74 bits per heavy atom. The largest absolute Gasteiger partial charge is 0.478 e. The summed E-state index contributed by atoms with van der Waals surface area (Å²) < 4.78 is 26.1. The highest BCUT2D eigenvalue weighted by Gasteiger charge is 2.25. The normalized spacial score (nSPS) is 15.1. The minimum atomic E-state index is -0.761. The van der Waals surface area contributed by atoms with Crippen molar-refractivity contribution in [3.8, 4) is 16.9 Å². The number of fused-ring (bicyclic) bond motifs is 1. The highest BCUT2D eigenvalue weighted by molar-refractivity contribution is 6.36. The van der Waals surface area contributed by atoms with Gasteiger partial charge in [0.2, 0.25) is 5.75 Å². The van der Waals surface area contributed by atoms with Crippen LogP contribution in [0.5, 0.6) is 5.75 Å². The molecule has 4 aromatic rings. The summed E-state index contributed by atoms with van der Waals surface area (Å²) >= 11 is 12.4. The highest BCUT2D eigenvalue weighted by Crippen LogP contribution is 2.41. The summed E-state index contributed by atoms with van der Waals surface area (Å²) in [7, 11) is 0. The van der Waals surface area contributed by atoms with Gasteiger partial charge < -0.3 is 24.9 Å². The topological polar surface area (TPSA) is 105 Å². The first kappa shape index (κ1) is 27.2. The fourth-order valence-electron chi connectivity index (χ4n) is 4.79. The fraction of sp³-hybridized carbons (Fsp3) is 0.286. The number of amides is 1. The van der Waals surface area contributed by atoms with Gasteiger partial charge in [-0.25, -0.2) is 9.37 Å². The number of ether oxygens (including phenoxy) is 1. The van der Waals surface area contributed by atoms with Gasteiger partial charge in [0.05, 0.1) is 23.3 Å². The number of aromatic nitrogens is 1. The molecule has 11 heteroatoms. The summed E-state index contributed by atoms with van der Waals surface area (Å²) in [6.07, 6.45) is 2.38. The molecule has 2 aromatic carbocycles. The monoisotopic (exact) mass is 572 g/mol. The van der Waals surface area contributed by atoms with E-state index in [1.54, 1.807) is 25.5 Å². The van der Waals surface area contributed by atoms with Crippen molar-refractivity contribution in [1.82, 2.24) is 14.8 Å². The number of aliphatic hydroxyl groups is 1. The Morgan fingerprint density at radius 1 is 1.23 bits per heavy atom. The van der Waals surface area contributed by atoms with Crippen LogP contribution < -0.4 is 10.5 Å². The van der Waals surface area contributed by atoms with Crippen LogP contribution in [0.2, 0.25) is 10.0 Å². The minimum Gasteiger partial charge on any atom is -0.478 e. The number of nitrogen functional groups attached to an aromatic ring is 1. The molecule has 0 spiro atoms. The zero-order chi connectivity index (χ0) is 27.7. The number of rotatable bonds is 7. The number of pyridine rings is 1. The number of carbonyl (C=O) groups excluding carboxylic acids is 1. The van der Waals surface area contributed by atoms with Crippen molar-refractivity contribution in [2.24, 2.45) is 0 Å². The summed E-state index contributed by atoms with van der Waals surface area (Å²) in [5, 5.41) is 9.90. The van der Waals surface area contributed by atoms with Crippen molar-refractivity contribution in [1.29, 1.82) is 0 Å². The van der Waals surface area contributed by atoms with Gasteiger partial charge in [-0.15, -0.1) is 0 Å². The van der Waals surface area contributed by atoms with Crippen molar-refractivity contribution in [3.63, 3.8) is 0 Å². The molecule has 39 heavy (non-hydrogen) atoms. The molecule has 5 rings (SSSR count). The van der Waals surface area contributed by atoms with Crippen LogP contribution in [-0.2, 0) is 0 Å². The lowest BCUT2D eigenvalue weighted by molar-refractivity contribution is 0.0615. The first-order chi connectivity index (χ1) is 18.8. The van der Waals surface area contributed by atoms with Crippen LogP contribution in [0.25, 0.3) is 22.1 Å². The second-order valence-electron chi connectivity index (χ2n) is 9.32. The first-order valence-electron chi connectivity index (χ1n) is 12.5. The van der Waals surface area contributed by atoms with E-state index >= 15 is 0 Å². The Morgan fingerprint density at radius 2 is 2.00 bits per heavy atom. The van der Waals surface area contributed by atoms with Gasteiger partial charge in [-0.05, 0) is 36.8 Å². The molecule has 0 radical (unpaired) electrons. The third-order valence-electron chi connectivity index (χ3n) is 6.88. The van der Waals surface area contributed by atoms with E-state index in [1.165, 1.54) is 12.1 Å². The number of halogens is 3. The quantitative estimate of drug-likeness (QED) is 0.285. The van der Waals surface area contributed by atoms with Gasteiger partial charge >= 0.3 is 0 Å². The Hall–Kier alpha value is -3.37. The Labute approximate surface area is 234 Å². The SMILES string of the molecule is CC(Oc1c(N)ncc2c(-c3cccc(C(=O)N4CCN(CCO)CC4)c3)coc12)c1c(Cl)ccc(F)c1Cl. The van der Waals surface area contributed by atoms with Crippen molar-refractivity contribution in [2.45, 2.75) is 13.0 Å². The van der Waals surface area contributed by atoms with Crippen molar-refractivity contribution >= 4 is 45.9 Å². The standard InChI is InChI=1S/C28H27Cl2FN4O4/c1-16(23-21(29)5-6-22(31)24(23)30)39-26-25-19(14-33-27(26)32)20(15-38-25)17-3-2-4-18(13-17)28(37)35-9-7-34(8-10-35)11-12-36/h2-6,13-16,36H,7-12H2,1H3,(H2,32,33). The second-order valence-corrected chi connectivity index (χ2v) is 10.1. The number of piperazine rings is 1.